The molecule has 2 aliphatic carbocycles. The molecule has 1 aromatic carbocycles. The van der Waals surface area contributed by atoms with Gasteiger partial charge in [0, 0.05) is 10.9 Å². The van der Waals surface area contributed by atoms with E-state index in [2.05, 4.69) is 12.2 Å². The number of anilines is 1. The Bertz CT molecular complexity index is 676. The molecule has 1 heterocycles. The summed E-state index contributed by atoms with van der Waals surface area (Å²) in [6.45, 7) is 5.71. The van der Waals surface area contributed by atoms with Gasteiger partial charge in [0.2, 0.25) is 0 Å². The molecule has 1 aromatic rings. The van der Waals surface area contributed by atoms with Crippen LogP contribution in [0, 0.1) is 11.8 Å². The zero-order chi connectivity index (χ0) is 15.6. The number of amides is 1. The standard InChI is InChI=1S/C18H20ClNO2/c1-18(2,3)22-17(21)20-14-7-6-12(19)9-13(14)15-10-4-5-11(8-10)16(15)20/h4-7,9-11,15-16H,8H2,1-3H3/t10-,11+,15-,16-/m0/s1. The third-order valence-electron chi connectivity index (χ3n) is 4.91. The van der Waals surface area contributed by atoms with Gasteiger partial charge in [-0.1, -0.05) is 23.8 Å². The predicted octanol–water partition coefficient (Wildman–Crippen LogP) is 4.75. The van der Waals surface area contributed by atoms with Crippen LogP contribution in [0.2, 0.25) is 5.02 Å². The summed E-state index contributed by atoms with van der Waals surface area (Å²) in [7, 11) is 0. The van der Waals surface area contributed by atoms with E-state index in [1.165, 1.54) is 5.56 Å². The van der Waals surface area contributed by atoms with E-state index in [0.29, 0.717) is 17.8 Å². The first-order valence-electron chi connectivity index (χ1n) is 7.85. The molecule has 0 saturated heterocycles. The maximum atomic E-state index is 12.8. The summed E-state index contributed by atoms with van der Waals surface area (Å²) in [6.07, 6.45) is 5.44. The minimum atomic E-state index is -0.491. The van der Waals surface area contributed by atoms with Crippen molar-refractivity contribution in [3.63, 3.8) is 0 Å². The van der Waals surface area contributed by atoms with E-state index >= 15 is 0 Å². The van der Waals surface area contributed by atoms with Crippen molar-refractivity contribution >= 4 is 23.4 Å². The number of fused-ring (bicyclic) bond motifs is 7. The Morgan fingerprint density at radius 3 is 2.73 bits per heavy atom. The molecular weight excluding hydrogens is 298 g/mol. The molecule has 0 aromatic heterocycles. The van der Waals surface area contributed by atoms with Crippen LogP contribution in [0.1, 0.15) is 38.7 Å². The second-order valence-corrected chi connectivity index (χ2v) is 7.95. The van der Waals surface area contributed by atoms with Crippen LogP contribution >= 0.6 is 11.6 Å². The Kier molecular flexibility index (Phi) is 2.90. The van der Waals surface area contributed by atoms with Crippen molar-refractivity contribution in [3.05, 3.63) is 40.9 Å². The van der Waals surface area contributed by atoms with Gasteiger partial charge in [-0.25, -0.2) is 4.79 Å². The van der Waals surface area contributed by atoms with Crippen molar-refractivity contribution < 1.29 is 9.53 Å². The number of benzene rings is 1. The van der Waals surface area contributed by atoms with Crippen LogP contribution in [0.15, 0.2) is 30.4 Å². The topological polar surface area (TPSA) is 29.5 Å². The molecule has 0 N–H and O–H groups in total. The minimum absolute atomic E-state index is 0.179. The van der Waals surface area contributed by atoms with Gasteiger partial charge in [-0.05, 0) is 62.8 Å². The lowest BCUT2D eigenvalue weighted by Crippen LogP contribution is -2.44. The van der Waals surface area contributed by atoms with Crippen molar-refractivity contribution in [2.45, 2.75) is 44.8 Å². The van der Waals surface area contributed by atoms with E-state index < -0.39 is 5.60 Å². The molecule has 1 fully saturated rings. The van der Waals surface area contributed by atoms with Crippen LogP contribution in [0.3, 0.4) is 0 Å². The number of nitrogens with zero attached hydrogens (tertiary/aromatic N) is 1. The van der Waals surface area contributed by atoms with Gasteiger partial charge in [0.25, 0.3) is 0 Å². The van der Waals surface area contributed by atoms with Gasteiger partial charge in [0.15, 0.2) is 0 Å². The lowest BCUT2D eigenvalue weighted by Gasteiger charge is -2.32. The van der Waals surface area contributed by atoms with E-state index in [9.17, 15) is 4.79 Å². The van der Waals surface area contributed by atoms with Crippen LogP contribution in [-0.2, 0) is 4.74 Å². The molecule has 4 heteroatoms. The Morgan fingerprint density at radius 2 is 2.00 bits per heavy atom. The lowest BCUT2D eigenvalue weighted by atomic mass is 9.86. The molecule has 1 aliphatic heterocycles. The summed E-state index contributed by atoms with van der Waals surface area (Å²) in [5.74, 6) is 1.30. The molecule has 3 aliphatic rings. The molecule has 4 rings (SSSR count). The van der Waals surface area contributed by atoms with Gasteiger partial charge < -0.3 is 4.74 Å². The first-order chi connectivity index (χ1) is 10.3. The van der Waals surface area contributed by atoms with Crippen LogP contribution in [0.4, 0.5) is 10.5 Å². The van der Waals surface area contributed by atoms with Crippen molar-refractivity contribution in [2.75, 3.05) is 4.90 Å². The van der Waals surface area contributed by atoms with E-state index in [1.54, 1.807) is 0 Å². The zero-order valence-corrected chi connectivity index (χ0v) is 13.8. The van der Waals surface area contributed by atoms with Crippen molar-refractivity contribution in [3.8, 4) is 0 Å². The average molecular weight is 318 g/mol. The summed E-state index contributed by atoms with van der Waals surface area (Å²) in [5, 5.41) is 0.732. The van der Waals surface area contributed by atoms with Crippen LogP contribution in [0.5, 0.6) is 0 Å². The Hall–Kier alpha value is -1.48. The maximum Gasteiger partial charge on any atom is 0.415 e. The highest BCUT2D eigenvalue weighted by molar-refractivity contribution is 6.30. The molecule has 22 heavy (non-hydrogen) atoms. The van der Waals surface area contributed by atoms with Crippen LogP contribution in [-0.4, -0.2) is 17.7 Å². The number of hydrogen-bond acceptors (Lipinski definition) is 2. The van der Waals surface area contributed by atoms with Crippen molar-refractivity contribution in [1.29, 1.82) is 0 Å². The smallest absolute Gasteiger partial charge is 0.415 e. The molecular formula is C18H20ClNO2. The Balaban J connectivity index is 1.78. The van der Waals surface area contributed by atoms with Gasteiger partial charge in [-0.2, -0.15) is 0 Å². The molecule has 4 atom stereocenters. The highest BCUT2D eigenvalue weighted by Gasteiger charge is 2.55. The Morgan fingerprint density at radius 1 is 1.27 bits per heavy atom. The summed E-state index contributed by atoms with van der Waals surface area (Å²) in [5.41, 5.74) is 1.67. The summed E-state index contributed by atoms with van der Waals surface area (Å²) >= 11 is 6.20. The zero-order valence-electron chi connectivity index (χ0n) is 13.0. The molecule has 0 unspecified atom stereocenters. The van der Waals surface area contributed by atoms with E-state index in [0.717, 1.165) is 17.1 Å². The number of carbonyl (C=O) groups excluding carboxylic acids is 1. The highest BCUT2D eigenvalue weighted by Crippen LogP contribution is 2.58. The molecule has 1 amide bonds. The third-order valence-corrected chi connectivity index (χ3v) is 5.15. The van der Waals surface area contributed by atoms with Crippen molar-refractivity contribution in [1.82, 2.24) is 0 Å². The molecule has 1 saturated carbocycles. The molecule has 3 nitrogen and oxygen atoms in total. The quantitative estimate of drug-likeness (QED) is 0.646. The number of allylic oxidation sites excluding steroid dienone is 1. The maximum absolute atomic E-state index is 12.8. The second-order valence-electron chi connectivity index (χ2n) is 7.52. The van der Waals surface area contributed by atoms with Gasteiger partial charge in [0.1, 0.15) is 5.60 Å². The average Bonchev–Trinajstić information content (AvgIpc) is 3.05. The molecule has 2 bridgehead atoms. The van der Waals surface area contributed by atoms with Gasteiger partial charge in [-0.3, -0.25) is 4.90 Å². The molecule has 116 valence electrons. The Labute approximate surface area is 135 Å². The molecule has 0 spiro atoms. The highest BCUT2D eigenvalue weighted by atomic mass is 35.5. The fraction of sp³-hybridized carbons (Fsp3) is 0.500. The number of halogens is 1. The fourth-order valence-corrected chi connectivity index (χ4v) is 4.45. The van der Waals surface area contributed by atoms with E-state index in [4.69, 9.17) is 16.3 Å². The minimum Gasteiger partial charge on any atom is -0.443 e. The fourth-order valence-electron chi connectivity index (χ4n) is 4.27. The van der Waals surface area contributed by atoms with Crippen molar-refractivity contribution in [2.24, 2.45) is 11.8 Å². The summed E-state index contributed by atoms with van der Waals surface area (Å²) in [4.78, 5) is 14.6. The number of carbonyl (C=O) groups is 1. The normalized spacial score (nSPS) is 31.4. The lowest BCUT2D eigenvalue weighted by molar-refractivity contribution is 0.0563. The summed E-state index contributed by atoms with van der Waals surface area (Å²) < 4.78 is 5.65. The van der Waals surface area contributed by atoms with Gasteiger partial charge >= 0.3 is 6.09 Å². The summed E-state index contributed by atoms with van der Waals surface area (Å²) in [6, 6.07) is 6.01. The SMILES string of the molecule is CC(C)(C)OC(=O)N1c2ccc(Cl)cc2[C@H]2[C@@H]1[C@@H]1C=C[C@H]2C1. The second kappa shape index (κ2) is 4.51. The van der Waals surface area contributed by atoms with Crippen LogP contribution in [0.25, 0.3) is 0 Å². The number of rotatable bonds is 0. The number of ether oxygens (including phenoxy) is 1. The first kappa shape index (κ1) is 14.1. The monoisotopic (exact) mass is 317 g/mol. The molecule has 0 radical (unpaired) electrons. The van der Waals surface area contributed by atoms with E-state index in [-0.39, 0.29) is 12.1 Å². The number of hydrogen-bond donors (Lipinski definition) is 0. The van der Waals surface area contributed by atoms with Gasteiger partial charge in [0.05, 0.1) is 11.7 Å². The van der Waals surface area contributed by atoms with E-state index in [1.807, 2.05) is 43.9 Å². The van der Waals surface area contributed by atoms with Gasteiger partial charge in [-0.15, -0.1) is 0 Å². The third kappa shape index (κ3) is 1.98. The predicted molar refractivity (Wildman–Crippen MR) is 87.4 cm³/mol. The first-order valence-corrected chi connectivity index (χ1v) is 8.23. The largest absolute Gasteiger partial charge is 0.443 e. The van der Waals surface area contributed by atoms with Crippen LogP contribution < -0.4 is 4.90 Å².